The highest BCUT2D eigenvalue weighted by Gasteiger charge is 2.42. The van der Waals surface area contributed by atoms with Crippen molar-refractivity contribution >= 4 is 0 Å². The Morgan fingerprint density at radius 1 is 0.553 bits per heavy atom. The molecule has 0 N–H and O–H groups in total. The van der Waals surface area contributed by atoms with Gasteiger partial charge in [0.1, 0.15) is 5.54 Å². The van der Waals surface area contributed by atoms with Crippen LogP contribution in [0.4, 0.5) is 0 Å². The summed E-state index contributed by atoms with van der Waals surface area (Å²) in [6.45, 7) is 2.17. The van der Waals surface area contributed by atoms with Crippen LogP contribution < -0.4 is 0 Å². The highest BCUT2D eigenvalue weighted by molar-refractivity contribution is 5.81. The molecule has 0 amide bonds. The summed E-state index contributed by atoms with van der Waals surface area (Å²) in [6, 6.07) is 48.6. The van der Waals surface area contributed by atoms with Crippen molar-refractivity contribution in [1.82, 2.24) is 20.2 Å². The molecule has 0 aliphatic heterocycles. The quantitative estimate of drug-likeness (QED) is 0.218. The minimum Gasteiger partial charge on any atom is -0.205 e. The molecule has 1 heterocycles. The van der Waals surface area contributed by atoms with Gasteiger partial charge in [0.05, 0.1) is 0 Å². The average molecular weight is 493 g/mol. The van der Waals surface area contributed by atoms with Crippen LogP contribution in [0.1, 0.15) is 29.2 Å². The van der Waals surface area contributed by atoms with Gasteiger partial charge >= 0.3 is 0 Å². The van der Waals surface area contributed by atoms with Crippen LogP contribution in [0.25, 0.3) is 22.5 Å². The number of rotatable bonds is 7. The summed E-state index contributed by atoms with van der Waals surface area (Å²) < 4.78 is 1.99. The van der Waals surface area contributed by atoms with E-state index in [2.05, 4.69) is 132 Å². The van der Waals surface area contributed by atoms with Gasteiger partial charge in [-0.2, -0.15) is 0 Å². The molecule has 0 radical (unpaired) electrons. The van der Waals surface area contributed by atoms with Crippen molar-refractivity contribution in [1.29, 1.82) is 0 Å². The lowest BCUT2D eigenvalue weighted by Gasteiger charge is -2.36. The molecule has 0 unspecified atom stereocenters. The van der Waals surface area contributed by atoms with Gasteiger partial charge in [0.2, 0.25) is 0 Å². The Labute approximate surface area is 223 Å². The van der Waals surface area contributed by atoms with Crippen molar-refractivity contribution in [3.05, 3.63) is 162 Å². The number of benzene rings is 5. The molecule has 4 nitrogen and oxygen atoms in total. The van der Waals surface area contributed by atoms with E-state index in [4.69, 9.17) is 5.21 Å². The SMILES string of the molecule is CCc1ccc(-c2ccccc2-c2nnnn2C(c2ccccc2)(c2ccccc2)c2ccccc2)cc1. The standard InChI is InChI=1S/C34H28N4/c1-2-26-22-24-27(25-23-26)31-20-12-13-21-32(31)33-35-36-37-38(33)34(28-14-6-3-7-15-28,29-16-8-4-9-17-29)30-18-10-5-11-19-30/h3-25H,2H2,1H3. The third-order valence-corrected chi connectivity index (χ3v) is 7.20. The first kappa shape index (κ1) is 23.6. The summed E-state index contributed by atoms with van der Waals surface area (Å²) in [6.07, 6.45) is 1.01. The van der Waals surface area contributed by atoms with Gasteiger partial charge in [-0.15, -0.1) is 5.10 Å². The molecule has 5 aromatic carbocycles. The molecule has 38 heavy (non-hydrogen) atoms. The Morgan fingerprint density at radius 3 is 1.53 bits per heavy atom. The van der Waals surface area contributed by atoms with E-state index < -0.39 is 5.54 Å². The molecule has 0 aliphatic rings. The molecule has 0 atom stereocenters. The molecule has 0 saturated carbocycles. The van der Waals surface area contributed by atoms with Crippen molar-refractivity contribution in [3.8, 4) is 22.5 Å². The number of aryl methyl sites for hydroxylation is 1. The maximum atomic E-state index is 4.71. The van der Waals surface area contributed by atoms with Crippen molar-refractivity contribution in [2.24, 2.45) is 0 Å². The minimum absolute atomic E-state index is 0.705. The highest BCUT2D eigenvalue weighted by Crippen LogP contribution is 2.43. The Balaban J connectivity index is 1.66. The van der Waals surface area contributed by atoms with Crippen LogP contribution in [0.2, 0.25) is 0 Å². The van der Waals surface area contributed by atoms with E-state index in [1.165, 1.54) is 5.56 Å². The summed E-state index contributed by atoms with van der Waals surface area (Å²) in [5, 5.41) is 13.6. The zero-order chi connectivity index (χ0) is 25.8. The fourth-order valence-corrected chi connectivity index (χ4v) is 5.34. The van der Waals surface area contributed by atoms with Crippen LogP contribution in [0.15, 0.2) is 140 Å². The topological polar surface area (TPSA) is 43.6 Å². The first-order chi connectivity index (χ1) is 18.8. The van der Waals surface area contributed by atoms with Crippen LogP contribution >= 0.6 is 0 Å². The van der Waals surface area contributed by atoms with Crippen molar-refractivity contribution in [2.75, 3.05) is 0 Å². The molecule has 1 aromatic heterocycles. The van der Waals surface area contributed by atoms with E-state index in [1.54, 1.807) is 0 Å². The van der Waals surface area contributed by atoms with Gasteiger partial charge in [0.15, 0.2) is 5.82 Å². The van der Waals surface area contributed by atoms with Gasteiger partial charge in [-0.05, 0) is 50.2 Å². The number of hydrogen-bond donors (Lipinski definition) is 0. The molecule has 184 valence electrons. The monoisotopic (exact) mass is 492 g/mol. The molecule has 6 aromatic rings. The fourth-order valence-electron chi connectivity index (χ4n) is 5.34. The highest BCUT2D eigenvalue weighted by atomic mass is 15.6. The summed E-state index contributed by atoms with van der Waals surface area (Å²) in [5.41, 5.74) is 6.97. The zero-order valence-corrected chi connectivity index (χ0v) is 21.3. The molecule has 0 spiro atoms. The predicted molar refractivity (Wildman–Crippen MR) is 153 cm³/mol. The van der Waals surface area contributed by atoms with Crippen LogP contribution in [-0.2, 0) is 12.0 Å². The van der Waals surface area contributed by atoms with Gasteiger partial charge in [-0.1, -0.05) is 146 Å². The summed E-state index contributed by atoms with van der Waals surface area (Å²) in [7, 11) is 0. The van der Waals surface area contributed by atoms with Gasteiger partial charge in [0.25, 0.3) is 0 Å². The smallest absolute Gasteiger partial charge is 0.184 e. The van der Waals surface area contributed by atoms with Gasteiger partial charge in [-0.3, -0.25) is 0 Å². The van der Waals surface area contributed by atoms with E-state index in [0.29, 0.717) is 5.82 Å². The van der Waals surface area contributed by atoms with E-state index in [1.807, 2.05) is 28.9 Å². The maximum Gasteiger partial charge on any atom is 0.184 e. The predicted octanol–water partition coefficient (Wildman–Crippen LogP) is 7.41. The molecule has 0 aliphatic carbocycles. The van der Waals surface area contributed by atoms with Crippen LogP contribution in [0, 0.1) is 0 Å². The largest absolute Gasteiger partial charge is 0.205 e. The van der Waals surface area contributed by atoms with Crippen LogP contribution in [0.5, 0.6) is 0 Å². The summed E-state index contributed by atoms with van der Waals surface area (Å²) >= 11 is 0. The Hall–Kier alpha value is -4.83. The molecule has 0 bridgehead atoms. The molecular weight excluding hydrogens is 464 g/mol. The second-order valence-corrected chi connectivity index (χ2v) is 9.32. The molecule has 6 rings (SSSR count). The molecule has 0 fully saturated rings. The number of hydrogen-bond acceptors (Lipinski definition) is 3. The third-order valence-electron chi connectivity index (χ3n) is 7.20. The van der Waals surface area contributed by atoms with E-state index in [0.717, 1.165) is 39.8 Å². The lowest BCUT2D eigenvalue weighted by molar-refractivity contribution is 0.451. The van der Waals surface area contributed by atoms with Gasteiger partial charge < -0.3 is 0 Å². The molecule has 4 heteroatoms. The first-order valence-electron chi connectivity index (χ1n) is 13.0. The van der Waals surface area contributed by atoms with E-state index >= 15 is 0 Å². The number of tetrazole rings is 1. The zero-order valence-electron chi connectivity index (χ0n) is 21.3. The second kappa shape index (κ2) is 10.3. The van der Waals surface area contributed by atoms with Gasteiger partial charge in [0, 0.05) is 5.56 Å². The Morgan fingerprint density at radius 2 is 1.03 bits per heavy atom. The number of nitrogens with zero attached hydrogens (tertiary/aromatic N) is 4. The third kappa shape index (κ3) is 4.00. The Kier molecular flexibility index (Phi) is 6.37. The van der Waals surface area contributed by atoms with Crippen molar-refractivity contribution in [2.45, 2.75) is 18.9 Å². The molecule has 0 saturated heterocycles. The second-order valence-electron chi connectivity index (χ2n) is 9.32. The summed E-state index contributed by atoms with van der Waals surface area (Å²) in [4.78, 5) is 0. The minimum atomic E-state index is -0.790. The maximum absolute atomic E-state index is 4.71. The normalized spacial score (nSPS) is 11.4. The summed E-state index contributed by atoms with van der Waals surface area (Å²) in [5.74, 6) is 0.705. The van der Waals surface area contributed by atoms with E-state index in [9.17, 15) is 0 Å². The van der Waals surface area contributed by atoms with Gasteiger partial charge in [-0.25, -0.2) is 4.68 Å². The average Bonchev–Trinajstić information content (AvgIpc) is 3.49. The lowest BCUT2D eigenvalue weighted by atomic mass is 9.77. The fraction of sp³-hybridized carbons (Fsp3) is 0.0882. The Bertz CT molecular complexity index is 1530. The van der Waals surface area contributed by atoms with Crippen molar-refractivity contribution in [3.63, 3.8) is 0 Å². The number of aromatic nitrogens is 4. The van der Waals surface area contributed by atoms with E-state index in [-0.39, 0.29) is 0 Å². The van der Waals surface area contributed by atoms with Crippen LogP contribution in [0.3, 0.4) is 0 Å². The first-order valence-corrected chi connectivity index (χ1v) is 13.0. The lowest BCUT2D eigenvalue weighted by Crippen LogP contribution is -2.39. The van der Waals surface area contributed by atoms with Crippen molar-refractivity contribution < 1.29 is 0 Å². The van der Waals surface area contributed by atoms with Crippen LogP contribution in [-0.4, -0.2) is 20.2 Å². The molecular formula is C34H28N4.